The molecular formula is C12H23N3O. The van der Waals surface area contributed by atoms with Gasteiger partial charge in [-0.05, 0) is 32.4 Å². The quantitative estimate of drug-likeness (QED) is 0.747. The van der Waals surface area contributed by atoms with Crippen molar-refractivity contribution in [1.29, 1.82) is 0 Å². The maximum atomic E-state index is 11.9. The van der Waals surface area contributed by atoms with Gasteiger partial charge in [0.25, 0.3) is 0 Å². The molecule has 92 valence electrons. The lowest BCUT2D eigenvalue weighted by atomic mass is 10.1. The fourth-order valence-corrected chi connectivity index (χ4v) is 2.82. The van der Waals surface area contributed by atoms with Gasteiger partial charge < -0.3 is 10.2 Å². The van der Waals surface area contributed by atoms with Crippen LogP contribution in [-0.2, 0) is 4.79 Å². The predicted molar refractivity (Wildman–Crippen MR) is 64.3 cm³/mol. The van der Waals surface area contributed by atoms with Gasteiger partial charge >= 0.3 is 0 Å². The summed E-state index contributed by atoms with van der Waals surface area (Å²) in [4.78, 5) is 16.1. The molecule has 2 aliphatic heterocycles. The average molecular weight is 225 g/mol. The molecule has 1 N–H and O–H groups in total. The summed E-state index contributed by atoms with van der Waals surface area (Å²) in [6, 6.07) is 0.732. The molecule has 16 heavy (non-hydrogen) atoms. The number of hydrogen-bond acceptors (Lipinski definition) is 3. The van der Waals surface area contributed by atoms with Crippen molar-refractivity contribution in [1.82, 2.24) is 15.1 Å². The molecule has 0 aromatic rings. The first-order chi connectivity index (χ1) is 7.72. The Labute approximate surface area is 98.0 Å². The topological polar surface area (TPSA) is 35.6 Å². The number of carbonyl (C=O) groups excluding carboxylic acids is 1. The minimum absolute atomic E-state index is 0.136. The zero-order valence-corrected chi connectivity index (χ0v) is 10.4. The predicted octanol–water partition coefficient (Wildman–Crippen LogP) is 0.291. The van der Waals surface area contributed by atoms with Crippen molar-refractivity contribution < 1.29 is 4.79 Å². The summed E-state index contributed by atoms with van der Waals surface area (Å²) < 4.78 is 0. The van der Waals surface area contributed by atoms with Crippen LogP contribution in [0.4, 0.5) is 0 Å². The molecule has 0 spiro atoms. The minimum Gasteiger partial charge on any atom is -0.344 e. The van der Waals surface area contributed by atoms with Crippen molar-refractivity contribution in [3.8, 4) is 0 Å². The number of hydrogen-bond donors (Lipinski definition) is 1. The number of amides is 1. The van der Waals surface area contributed by atoms with Crippen LogP contribution in [0.5, 0.6) is 0 Å². The molecule has 2 saturated heterocycles. The lowest BCUT2D eigenvalue weighted by Crippen LogP contribution is -2.46. The van der Waals surface area contributed by atoms with Crippen molar-refractivity contribution in [3.05, 3.63) is 0 Å². The third-order valence-electron chi connectivity index (χ3n) is 3.86. The second-order valence-electron chi connectivity index (χ2n) is 4.95. The Morgan fingerprint density at radius 1 is 1.50 bits per heavy atom. The van der Waals surface area contributed by atoms with Crippen LogP contribution in [0.25, 0.3) is 0 Å². The zero-order valence-electron chi connectivity index (χ0n) is 10.4. The summed E-state index contributed by atoms with van der Waals surface area (Å²) >= 11 is 0. The highest BCUT2D eigenvalue weighted by Crippen LogP contribution is 2.17. The molecule has 2 rings (SSSR count). The van der Waals surface area contributed by atoms with E-state index in [1.807, 2.05) is 11.9 Å². The lowest BCUT2D eigenvalue weighted by molar-refractivity contribution is -0.131. The van der Waals surface area contributed by atoms with Crippen LogP contribution in [0, 0.1) is 0 Å². The second kappa shape index (κ2) is 5.15. The van der Waals surface area contributed by atoms with Crippen LogP contribution in [0.3, 0.4) is 0 Å². The molecule has 2 aliphatic rings. The van der Waals surface area contributed by atoms with E-state index in [9.17, 15) is 4.79 Å². The third-order valence-corrected chi connectivity index (χ3v) is 3.86. The third kappa shape index (κ3) is 2.38. The lowest BCUT2D eigenvalue weighted by Gasteiger charge is -2.28. The molecule has 0 saturated carbocycles. The fourth-order valence-electron chi connectivity index (χ4n) is 2.82. The molecule has 2 atom stereocenters. The van der Waals surface area contributed by atoms with Crippen molar-refractivity contribution in [2.24, 2.45) is 0 Å². The standard InChI is InChI=1S/C12H23N3O/c1-3-15(9-10-5-4-7-13-10)11-6-8-14(2)12(11)16/h10-11,13H,3-9H2,1-2H3. The van der Waals surface area contributed by atoms with Gasteiger partial charge in [-0.25, -0.2) is 0 Å². The van der Waals surface area contributed by atoms with Gasteiger partial charge in [-0.15, -0.1) is 0 Å². The molecule has 4 nitrogen and oxygen atoms in total. The van der Waals surface area contributed by atoms with Crippen LogP contribution < -0.4 is 5.32 Å². The average Bonchev–Trinajstić information content (AvgIpc) is 2.88. The molecule has 0 aromatic carbocycles. The highest BCUT2D eigenvalue weighted by molar-refractivity contribution is 5.83. The minimum atomic E-state index is 0.136. The summed E-state index contributed by atoms with van der Waals surface area (Å²) in [6.07, 6.45) is 3.53. The summed E-state index contributed by atoms with van der Waals surface area (Å²) in [7, 11) is 1.91. The Morgan fingerprint density at radius 2 is 2.31 bits per heavy atom. The van der Waals surface area contributed by atoms with Gasteiger partial charge in [0.1, 0.15) is 0 Å². The van der Waals surface area contributed by atoms with Crippen molar-refractivity contribution >= 4 is 5.91 Å². The Kier molecular flexibility index (Phi) is 3.82. The fraction of sp³-hybridized carbons (Fsp3) is 0.917. The van der Waals surface area contributed by atoms with Gasteiger partial charge in [0, 0.05) is 26.2 Å². The van der Waals surface area contributed by atoms with E-state index >= 15 is 0 Å². The number of carbonyl (C=O) groups is 1. The monoisotopic (exact) mass is 225 g/mol. The van der Waals surface area contributed by atoms with Gasteiger partial charge in [-0.1, -0.05) is 6.92 Å². The van der Waals surface area contributed by atoms with Crippen LogP contribution in [0.2, 0.25) is 0 Å². The van der Waals surface area contributed by atoms with E-state index in [1.54, 1.807) is 0 Å². The summed E-state index contributed by atoms with van der Waals surface area (Å²) in [6.45, 7) is 6.21. The first-order valence-electron chi connectivity index (χ1n) is 6.44. The SMILES string of the molecule is CCN(CC1CCCN1)C1CCN(C)C1=O. The van der Waals surface area contributed by atoms with Gasteiger partial charge in [0.2, 0.25) is 5.91 Å². The molecular weight excluding hydrogens is 202 g/mol. The van der Waals surface area contributed by atoms with Crippen LogP contribution in [-0.4, -0.2) is 61.0 Å². The van der Waals surface area contributed by atoms with Gasteiger partial charge in [0.15, 0.2) is 0 Å². The van der Waals surface area contributed by atoms with Crippen LogP contribution in [0.1, 0.15) is 26.2 Å². The van der Waals surface area contributed by atoms with Gasteiger partial charge in [0.05, 0.1) is 6.04 Å². The Hall–Kier alpha value is -0.610. The largest absolute Gasteiger partial charge is 0.344 e. The molecule has 0 aliphatic carbocycles. The van der Waals surface area contributed by atoms with E-state index in [0.717, 1.165) is 32.6 Å². The van der Waals surface area contributed by atoms with Crippen LogP contribution in [0.15, 0.2) is 0 Å². The van der Waals surface area contributed by atoms with Crippen LogP contribution >= 0.6 is 0 Å². The smallest absolute Gasteiger partial charge is 0.239 e. The number of nitrogens with zero attached hydrogens (tertiary/aromatic N) is 2. The number of nitrogens with one attached hydrogen (secondary N) is 1. The van der Waals surface area contributed by atoms with Crippen molar-refractivity contribution in [2.75, 3.05) is 33.2 Å². The number of likely N-dealkylation sites (tertiary alicyclic amines) is 1. The van der Waals surface area contributed by atoms with Gasteiger partial charge in [-0.2, -0.15) is 0 Å². The van der Waals surface area contributed by atoms with E-state index in [0.29, 0.717) is 11.9 Å². The van der Waals surface area contributed by atoms with Gasteiger partial charge in [-0.3, -0.25) is 9.69 Å². The Balaban J connectivity index is 1.91. The van der Waals surface area contributed by atoms with Crippen molar-refractivity contribution in [2.45, 2.75) is 38.3 Å². The van der Waals surface area contributed by atoms with E-state index < -0.39 is 0 Å². The molecule has 2 fully saturated rings. The first-order valence-corrected chi connectivity index (χ1v) is 6.44. The summed E-state index contributed by atoms with van der Waals surface area (Å²) in [5, 5.41) is 3.50. The van der Waals surface area contributed by atoms with E-state index in [-0.39, 0.29) is 6.04 Å². The Morgan fingerprint density at radius 3 is 2.81 bits per heavy atom. The Bertz CT molecular complexity index is 251. The normalized spacial score (nSPS) is 30.7. The second-order valence-corrected chi connectivity index (χ2v) is 4.95. The maximum absolute atomic E-state index is 11.9. The highest BCUT2D eigenvalue weighted by atomic mass is 16.2. The van der Waals surface area contributed by atoms with E-state index in [4.69, 9.17) is 0 Å². The molecule has 0 aromatic heterocycles. The maximum Gasteiger partial charge on any atom is 0.239 e. The molecule has 4 heteroatoms. The van der Waals surface area contributed by atoms with E-state index in [1.165, 1.54) is 12.8 Å². The number of rotatable bonds is 4. The van der Waals surface area contributed by atoms with E-state index in [2.05, 4.69) is 17.1 Å². The molecule has 0 bridgehead atoms. The summed E-state index contributed by atoms with van der Waals surface area (Å²) in [5.41, 5.74) is 0. The summed E-state index contributed by atoms with van der Waals surface area (Å²) in [5.74, 6) is 0.305. The molecule has 2 heterocycles. The zero-order chi connectivity index (χ0) is 11.5. The first kappa shape index (κ1) is 11.9. The molecule has 1 amide bonds. The number of likely N-dealkylation sites (N-methyl/N-ethyl adjacent to an activating group) is 2. The molecule has 0 radical (unpaired) electrons. The van der Waals surface area contributed by atoms with Crippen molar-refractivity contribution in [3.63, 3.8) is 0 Å². The molecule has 2 unspecified atom stereocenters. The highest BCUT2D eigenvalue weighted by Gasteiger charge is 2.34.